The van der Waals surface area contributed by atoms with Gasteiger partial charge in [0.1, 0.15) is 12.1 Å². The Kier molecular flexibility index (Phi) is 8.58. The highest BCUT2D eigenvalue weighted by Gasteiger charge is 2.05. The highest BCUT2D eigenvalue weighted by atomic mass is 16.5. The molecule has 154 valence electrons. The number of nitrogens with two attached hydrogens (primary N) is 1. The molecule has 2 heterocycles. The van der Waals surface area contributed by atoms with Crippen LogP contribution in [0.3, 0.4) is 0 Å². The van der Waals surface area contributed by atoms with Gasteiger partial charge in [0.15, 0.2) is 5.82 Å². The van der Waals surface area contributed by atoms with Gasteiger partial charge in [-0.15, -0.1) is 0 Å². The van der Waals surface area contributed by atoms with Crippen LogP contribution in [-0.2, 0) is 4.74 Å². The summed E-state index contributed by atoms with van der Waals surface area (Å²) in [7, 11) is 0. The Morgan fingerprint density at radius 2 is 2.24 bits per heavy atom. The third-order valence-corrected chi connectivity index (χ3v) is 3.76. The van der Waals surface area contributed by atoms with E-state index in [1.165, 1.54) is 6.20 Å². The predicted octanol–water partition coefficient (Wildman–Crippen LogP) is 2.85. The summed E-state index contributed by atoms with van der Waals surface area (Å²) >= 11 is 0. The van der Waals surface area contributed by atoms with Gasteiger partial charge in [-0.1, -0.05) is 6.08 Å². The molecule has 0 aromatic carbocycles. The third-order valence-electron chi connectivity index (χ3n) is 3.76. The molecule has 0 saturated carbocycles. The van der Waals surface area contributed by atoms with Crippen LogP contribution in [0, 0.1) is 5.41 Å². The average molecular weight is 396 g/mol. The van der Waals surface area contributed by atoms with Gasteiger partial charge in [0.25, 0.3) is 0 Å². The Morgan fingerprint density at radius 1 is 1.41 bits per heavy atom. The van der Waals surface area contributed by atoms with Gasteiger partial charge < -0.3 is 21.2 Å². The van der Waals surface area contributed by atoms with Crippen molar-refractivity contribution >= 4 is 17.1 Å². The van der Waals surface area contributed by atoms with Crippen LogP contribution in [-0.4, -0.2) is 49.9 Å². The van der Waals surface area contributed by atoms with Crippen molar-refractivity contribution in [1.82, 2.24) is 25.0 Å². The SMILES string of the molecule is CCOC[C@@H](C)Nc1cc(C(/C=C\C(C)=N)=C\N)ccnn(-c2cc[nH]n2)cn1. The third kappa shape index (κ3) is 7.23. The molecule has 0 aliphatic heterocycles. The van der Waals surface area contributed by atoms with E-state index in [0.29, 0.717) is 30.6 Å². The highest BCUT2D eigenvalue weighted by molar-refractivity contribution is 5.93. The predicted molar refractivity (Wildman–Crippen MR) is 115 cm³/mol. The van der Waals surface area contributed by atoms with E-state index in [-0.39, 0.29) is 6.04 Å². The van der Waals surface area contributed by atoms with Crippen molar-refractivity contribution in [2.24, 2.45) is 5.73 Å². The molecule has 5 N–H and O–H groups in total. The summed E-state index contributed by atoms with van der Waals surface area (Å²) < 4.78 is 7.04. The number of hydrogen-bond acceptors (Lipinski definition) is 7. The molecular weight excluding hydrogens is 368 g/mol. The average Bonchev–Trinajstić information content (AvgIpc) is 3.24. The number of aromatic amines is 1. The number of H-pyrrole nitrogens is 1. The second kappa shape index (κ2) is 11.4. The summed E-state index contributed by atoms with van der Waals surface area (Å²) in [5.41, 5.74) is 7.79. The minimum absolute atomic E-state index is 0.0461. The standard InChI is InChI=1S/C20H28N8O/c1-4-29-13-16(3)26-19-11-17(18(12-21)6-5-15(2)22)7-10-25-28(14-23-19)20-8-9-24-27-20/h5-12,14,16,22,26H,4,13,21H2,1-3H3,(H,24,27)/b6-5-,17-7?,18-12-,19-11?,22-15?,23-14?,25-10?/t16-/m1/s1. The van der Waals surface area contributed by atoms with E-state index in [2.05, 4.69) is 25.6 Å². The van der Waals surface area contributed by atoms with Crippen molar-refractivity contribution in [2.45, 2.75) is 26.8 Å². The van der Waals surface area contributed by atoms with Crippen molar-refractivity contribution in [1.29, 1.82) is 5.41 Å². The van der Waals surface area contributed by atoms with Gasteiger partial charge in [0.2, 0.25) is 0 Å². The van der Waals surface area contributed by atoms with Crippen molar-refractivity contribution < 1.29 is 4.74 Å². The minimum atomic E-state index is 0.0461. The number of rotatable bonds is 9. The van der Waals surface area contributed by atoms with E-state index in [4.69, 9.17) is 15.9 Å². The number of hydrogen-bond donors (Lipinski definition) is 4. The fourth-order valence-electron chi connectivity index (χ4n) is 2.37. The lowest BCUT2D eigenvalue weighted by atomic mass is 10.1. The van der Waals surface area contributed by atoms with Gasteiger partial charge in [0.05, 0.1) is 6.61 Å². The monoisotopic (exact) mass is 396 g/mol. The Hall–Kier alpha value is -3.46. The van der Waals surface area contributed by atoms with E-state index < -0.39 is 0 Å². The molecule has 0 aliphatic carbocycles. The van der Waals surface area contributed by atoms with Gasteiger partial charge in [-0.05, 0) is 50.1 Å². The van der Waals surface area contributed by atoms with Crippen LogP contribution >= 0.6 is 0 Å². The zero-order valence-corrected chi connectivity index (χ0v) is 17.0. The van der Waals surface area contributed by atoms with Crippen LogP contribution in [0.4, 0.5) is 5.82 Å². The first kappa shape index (κ1) is 21.8. The molecule has 0 unspecified atom stereocenters. The summed E-state index contributed by atoms with van der Waals surface area (Å²) in [5.74, 6) is 1.23. The normalized spacial score (nSPS) is 12.6. The van der Waals surface area contributed by atoms with Gasteiger partial charge >= 0.3 is 0 Å². The zero-order valence-electron chi connectivity index (χ0n) is 17.0. The highest BCUT2D eigenvalue weighted by Crippen LogP contribution is 2.16. The van der Waals surface area contributed by atoms with Gasteiger partial charge in [-0.2, -0.15) is 10.2 Å². The van der Waals surface area contributed by atoms with E-state index in [1.54, 1.807) is 48.5 Å². The maximum absolute atomic E-state index is 7.61. The number of anilines is 1. The fourth-order valence-corrected chi connectivity index (χ4v) is 2.37. The maximum Gasteiger partial charge on any atom is 0.176 e. The second-order valence-corrected chi connectivity index (χ2v) is 6.28. The van der Waals surface area contributed by atoms with Crippen molar-refractivity contribution in [3.8, 4) is 5.82 Å². The van der Waals surface area contributed by atoms with Crippen LogP contribution in [0.1, 0.15) is 26.3 Å². The molecule has 9 nitrogen and oxygen atoms in total. The molecule has 1 atom stereocenters. The number of nitrogens with one attached hydrogen (secondary N) is 3. The van der Waals surface area contributed by atoms with Crippen LogP contribution < -0.4 is 11.1 Å². The smallest absolute Gasteiger partial charge is 0.176 e. The van der Waals surface area contributed by atoms with Crippen molar-refractivity contribution in [3.05, 3.63) is 60.8 Å². The summed E-state index contributed by atoms with van der Waals surface area (Å²) in [6, 6.07) is 5.54. The summed E-state index contributed by atoms with van der Waals surface area (Å²) in [5, 5.41) is 22.2. The van der Waals surface area contributed by atoms with Crippen molar-refractivity contribution in [3.63, 3.8) is 0 Å². The molecule has 9 heteroatoms. The Balaban J connectivity index is 2.52. The van der Waals surface area contributed by atoms with Gasteiger partial charge in [-0.3, -0.25) is 5.10 Å². The number of ether oxygens (including phenoxy) is 1. The summed E-state index contributed by atoms with van der Waals surface area (Å²) in [4.78, 5) is 4.54. The molecule has 29 heavy (non-hydrogen) atoms. The zero-order chi connectivity index (χ0) is 21.1. The van der Waals surface area contributed by atoms with E-state index in [9.17, 15) is 0 Å². The van der Waals surface area contributed by atoms with Gasteiger partial charge in [-0.25, -0.2) is 9.67 Å². The quantitative estimate of drug-likeness (QED) is 0.381. The Labute approximate surface area is 170 Å². The van der Waals surface area contributed by atoms with E-state index in [0.717, 1.165) is 11.1 Å². The van der Waals surface area contributed by atoms with E-state index >= 15 is 0 Å². The van der Waals surface area contributed by atoms with Crippen molar-refractivity contribution in [2.75, 3.05) is 18.5 Å². The molecular formula is C20H28N8O. The van der Waals surface area contributed by atoms with Gasteiger partial charge in [0, 0.05) is 43.0 Å². The summed E-state index contributed by atoms with van der Waals surface area (Å²) in [6.07, 6.45) is 9.90. The topological polar surface area (TPSA) is 131 Å². The molecule has 0 bridgehead atoms. The first-order chi connectivity index (χ1) is 14.0. The molecule has 0 radical (unpaired) electrons. The molecule has 2 aromatic heterocycles. The first-order valence-electron chi connectivity index (χ1n) is 9.32. The lowest BCUT2D eigenvalue weighted by Gasteiger charge is -2.14. The molecule has 0 saturated heterocycles. The first-order valence-corrected chi connectivity index (χ1v) is 9.32. The number of allylic oxidation sites excluding steroid dienone is 3. The number of nitrogens with zero attached hydrogens (tertiary/aromatic N) is 4. The second-order valence-electron chi connectivity index (χ2n) is 6.28. The molecule has 0 fully saturated rings. The van der Waals surface area contributed by atoms with Crippen LogP contribution in [0.25, 0.3) is 11.4 Å². The van der Waals surface area contributed by atoms with Crippen LogP contribution in [0.15, 0.2) is 55.3 Å². The molecule has 0 amide bonds. The Bertz CT molecular complexity index is 897. The molecule has 2 rings (SSSR count). The summed E-state index contributed by atoms with van der Waals surface area (Å²) in [6.45, 7) is 6.87. The van der Waals surface area contributed by atoms with E-state index in [1.807, 2.05) is 26.0 Å². The molecule has 0 spiro atoms. The maximum atomic E-state index is 7.61. The fraction of sp³-hybridized carbons (Fsp3) is 0.300. The van der Waals surface area contributed by atoms with Crippen LogP contribution in [0.5, 0.6) is 0 Å². The molecule has 0 aliphatic rings. The molecule has 2 aromatic rings. The minimum Gasteiger partial charge on any atom is -0.404 e. The van der Waals surface area contributed by atoms with Crippen LogP contribution in [0.2, 0.25) is 0 Å². The number of aromatic nitrogens is 5. The lowest BCUT2D eigenvalue weighted by molar-refractivity contribution is 0.141. The largest absolute Gasteiger partial charge is 0.404 e. The Morgan fingerprint density at radius 3 is 2.90 bits per heavy atom. The lowest BCUT2D eigenvalue weighted by Crippen LogP contribution is -2.22.